The molecular formula is C11H21NO2. The lowest BCUT2D eigenvalue weighted by Gasteiger charge is -2.29. The molecule has 0 spiro atoms. The van der Waals surface area contributed by atoms with Gasteiger partial charge in [-0.15, -0.1) is 0 Å². The zero-order chi connectivity index (χ0) is 10.6. The Morgan fingerprint density at radius 3 is 2.64 bits per heavy atom. The fraction of sp³-hybridized carbons (Fsp3) is 0.909. The maximum atomic E-state index is 10.5. The summed E-state index contributed by atoms with van der Waals surface area (Å²) in [5, 5.41) is 8.64. The third kappa shape index (κ3) is 3.66. The Bertz CT molecular complexity index is 190. The summed E-state index contributed by atoms with van der Waals surface area (Å²) in [6.45, 7) is 3.02. The second kappa shape index (κ2) is 5.35. The van der Waals surface area contributed by atoms with Crippen molar-refractivity contribution in [1.82, 2.24) is 4.90 Å². The van der Waals surface area contributed by atoms with Gasteiger partial charge in [-0.2, -0.15) is 0 Å². The molecule has 1 unspecified atom stereocenters. The molecule has 1 saturated carbocycles. The van der Waals surface area contributed by atoms with E-state index in [1.165, 1.54) is 25.7 Å². The minimum absolute atomic E-state index is 0.160. The van der Waals surface area contributed by atoms with E-state index in [1.54, 1.807) is 0 Å². The molecule has 1 aliphatic rings. The van der Waals surface area contributed by atoms with Gasteiger partial charge < -0.3 is 10.0 Å². The highest BCUT2D eigenvalue weighted by atomic mass is 16.4. The Balaban J connectivity index is 2.12. The molecule has 1 N–H and O–H groups in total. The monoisotopic (exact) mass is 199 g/mol. The third-order valence-corrected chi connectivity index (χ3v) is 3.34. The van der Waals surface area contributed by atoms with E-state index in [2.05, 4.69) is 4.90 Å². The van der Waals surface area contributed by atoms with Gasteiger partial charge in [0.05, 0.1) is 6.42 Å². The number of hydrogen-bond acceptors (Lipinski definition) is 2. The maximum Gasteiger partial charge on any atom is 0.304 e. The fourth-order valence-corrected chi connectivity index (χ4v) is 1.80. The zero-order valence-electron chi connectivity index (χ0n) is 9.20. The second-order valence-corrected chi connectivity index (χ2v) is 4.51. The predicted octanol–water partition coefficient (Wildman–Crippen LogP) is 1.97. The first kappa shape index (κ1) is 11.5. The van der Waals surface area contributed by atoms with Gasteiger partial charge in [0, 0.05) is 6.04 Å². The lowest BCUT2D eigenvalue weighted by Crippen LogP contribution is -2.33. The molecule has 1 fully saturated rings. The van der Waals surface area contributed by atoms with Crippen molar-refractivity contribution >= 4 is 5.97 Å². The topological polar surface area (TPSA) is 40.5 Å². The summed E-state index contributed by atoms with van der Waals surface area (Å²) < 4.78 is 0. The average molecular weight is 199 g/mol. The maximum absolute atomic E-state index is 10.5. The van der Waals surface area contributed by atoms with Gasteiger partial charge in [0.25, 0.3) is 0 Å². The van der Waals surface area contributed by atoms with E-state index < -0.39 is 5.97 Å². The van der Waals surface area contributed by atoms with Gasteiger partial charge in [0.15, 0.2) is 0 Å². The summed E-state index contributed by atoms with van der Waals surface area (Å²) >= 11 is 0. The van der Waals surface area contributed by atoms with E-state index in [4.69, 9.17) is 5.11 Å². The Labute approximate surface area is 86.1 Å². The number of hydrogen-bond donors (Lipinski definition) is 1. The van der Waals surface area contributed by atoms with Crippen LogP contribution in [0.3, 0.4) is 0 Å². The minimum atomic E-state index is -0.701. The number of aliphatic carboxylic acids is 1. The van der Waals surface area contributed by atoms with Gasteiger partial charge in [-0.05, 0) is 32.9 Å². The summed E-state index contributed by atoms with van der Waals surface area (Å²) in [5.41, 5.74) is 0. The SMILES string of the molecule is CC(CC(=O)O)N(C)CCC1CCC1. The summed E-state index contributed by atoms with van der Waals surface area (Å²) in [6.07, 6.45) is 5.63. The van der Waals surface area contributed by atoms with Crippen molar-refractivity contribution in [3.63, 3.8) is 0 Å². The number of carboxylic acids is 1. The summed E-state index contributed by atoms with van der Waals surface area (Å²) in [7, 11) is 2.02. The van der Waals surface area contributed by atoms with Crippen LogP contribution >= 0.6 is 0 Å². The van der Waals surface area contributed by atoms with E-state index in [9.17, 15) is 4.79 Å². The van der Waals surface area contributed by atoms with E-state index in [0.29, 0.717) is 0 Å². The van der Waals surface area contributed by atoms with Crippen LogP contribution in [0.4, 0.5) is 0 Å². The zero-order valence-corrected chi connectivity index (χ0v) is 9.20. The molecule has 0 aliphatic heterocycles. The summed E-state index contributed by atoms with van der Waals surface area (Å²) in [4.78, 5) is 12.7. The van der Waals surface area contributed by atoms with Crippen LogP contribution in [0, 0.1) is 5.92 Å². The van der Waals surface area contributed by atoms with Crippen LogP contribution in [0.15, 0.2) is 0 Å². The molecule has 3 heteroatoms. The van der Waals surface area contributed by atoms with Crippen molar-refractivity contribution in [3.8, 4) is 0 Å². The number of rotatable bonds is 6. The van der Waals surface area contributed by atoms with Crippen LogP contribution in [-0.4, -0.2) is 35.6 Å². The van der Waals surface area contributed by atoms with Crippen LogP contribution in [0.1, 0.15) is 39.0 Å². The predicted molar refractivity (Wildman–Crippen MR) is 56.3 cm³/mol. The van der Waals surface area contributed by atoms with Crippen LogP contribution in [0.25, 0.3) is 0 Å². The normalized spacial score (nSPS) is 19.4. The van der Waals surface area contributed by atoms with Crippen molar-refractivity contribution in [1.29, 1.82) is 0 Å². The molecule has 1 rings (SSSR count). The minimum Gasteiger partial charge on any atom is -0.481 e. The highest BCUT2D eigenvalue weighted by Crippen LogP contribution is 2.29. The van der Waals surface area contributed by atoms with Gasteiger partial charge in [-0.1, -0.05) is 19.3 Å². The molecule has 1 aliphatic carbocycles. The molecule has 0 heterocycles. The van der Waals surface area contributed by atoms with Gasteiger partial charge in [-0.25, -0.2) is 0 Å². The van der Waals surface area contributed by atoms with Crippen LogP contribution in [0.2, 0.25) is 0 Å². The molecule has 14 heavy (non-hydrogen) atoms. The lowest BCUT2D eigenvalue weighted by molar-refractivity contribution is -0.138. The van der Waals surface area contributed by atoms with Crippen molar-refractivity contribution in [2.24, 2.45) is 5.92 Å². The molecule has 0 amide bonds. The molecule has 0 radical (unpaired) electrons. The Morgan fingerprint density at radius 1 is 1.57 bits per heavy atom. The highest BCUT2D eigenvalue weighted by Gasteiger charge is 2.19. The van der Waals surface area contributed by atoms with Crippen molar-refractivity contribution < 1.29 is 9.90 Å². The van der Waals surface area contributed by atoms with Gasteiger partial charge in [0.2, 0.25) is 0 Å². The van der Waals surface area contributed by atoms with Gasteiger partial charge >= 0.3 is 5.97 Å². The Kier molecular flexibility index (Phi) is 4.39. The lowest BCUT2D eigenvalue weighted by atomic mass is 9.83. The van der Waals surface area contributed by atoms with Crippen molar-refractivity contribution in [2.75, 3.05) is 13.6 Å². The fourth-order valence-electron chi connectivity index (χ4n) is 1.80. The first-order valence-corrected chi connectivity index (χ1v) is 5.51. The van der Waals surface area contributed by atoms with Crippen molar-refractivity contribution in [3.05, 3.63) is 0 Å². The smallest absolute Gasteiger partial charge is 0.304 e. The first-order chi connectivity index (χ1) is 6.59. The molecule has 0 aromatic carbocycles. The standard InChI is InChI=1S/C11H21NO2/c1-9(8-11(13)14)12(2)7-6-10-4-3-5-10/h9-10H,3-8H2,1-2H3,(H,13,14). The molecule has 0 aromatic heterocycles. The number of nitrogens with zero attached hydrogens (tertiary/aromatic N) is 1. The first-order valence-electron chi connectivity index (χ1n) is 5.51. The van der Waals surface area contributed by atoms with E-state index in [0.717, 1.165) is 12.5 Å². The molecule has 1 atom stereocenters. The van der Waals surface area contributed by atoms with Gasteiger partial charge in [0.1, 0.15) is 0 Å². The quantitative estimate of drug-likeness (QED) is 0.711. The summed E-state index contributed by atoms with van der Waals surface area (Å²) in [5.74, 6) is 0.211. The van der Waals surface area contributed by atoms with Crippen LogP contribution in [0.5, 0.6) is 0 Å². The molecule has 82 valence electrons. The third-order valence-electron chi connectivity index (χ3n) is 3.34. The molecule has 0 aromatic rings. The molecule has 3 nitrogen and oxygen atoms in total. The Hall–Kier alpha value is -0.570. The van der Waals surface area contributed by atoms with E-state index in [1.807, 2.05) is 14.0 Å². The van der Waals surface area contributed by atoms with Gasteiger partial charge in [-0.3, -0.25) is 4.79 Å². The van der Waals surface area contributed by atoms with E-state index in [-0.39, 0.29) is 12.5 Å². The van der Waals surface area contributed by atoms with E-state index >= 15 is 0 Å². The average Bonchev–Trinajstić information content (AvgIpc) is 1.99. The van der Waals surface area contributed by atoms with Crippen LogP contribution < -0.4 is 0 Å². The molecule has 0 saturated heterocycles. The number of carboxylic acid groups (broad SMARTS) is 1. The summed E-state index contributed by atoms with van der Waals surface area (Å²) in [6, 6.07) is 0.160. The highest BCUT2D eigenvalue weighted by molar-refractivity contribution is 5.67. The van der Waals surface area contributed by atoms with Crippen molar-refractivity contribution in [2.45, 2.75) is 45.1 Å². The largest absolute Gasteiger partial charge is 0.481 e. The Morgan fingerprint density at radius 2 is 2.21 bits per heavy atom. The van der Waals surface area contributed by atoms with Crippen LogP contribution in [-0.2, 0) is 4.79 Å². The molecule has 0 bridgehead atoms. The second-order valence-electron chi connectivity index (χ2n) is 4.51. The molecular weight excluding hydrogens is 178 g/mol. The number of carbonyl (C=O) groups is 1.